The number of rotatable bonds is 1. The van der Waals surface area contributed by atoms with Gasteiger partial charge in [0.2, 0.25) is 0 Å². The van der Waals surface area contributed by atoms with Gasteiger partial charge in [-0.15, -0.1) is 0 Å². The van der Waals surface area contributed by atoms with Crippen molar-refractivity contribution in [3.63, 3.8) is 0 Å². The van der Waals surface area contributed by atoms with E-state index in [4.69, 9.17) is 0 Å². The molecule has 14 heavy (non-hydrogen) atoms. The van der Waals surface area contributed by atoms with Gasteiger partial charge >= 0.3 is 0 Å². The number of H-pyrrole nitrogens is 1. The van der Waals surface area contributed by atoms with Gasteiger partial charge in [-0.05, 0) is 24.0 Å². The van der Waals surface area contributed by atoms with E-state index >= 15 is 0 Å². The number of hydrogen-bond donors (Lipinski definition) is 1. The molecule has 0 unspecified atom stereocenters. The summed E-state index contributed by atoms with van der Waals surface area (Å²) in [6.07, 6.45) is 0.374. The number of alkyl halides is 2. The number of hydrogen-bond acceptors (Lipinski definition) is 0. The van der Waals surface area contributed by atoms with E-state index in [-0.39, 0.29) is 12.8 Å². The Bertz CT molecular complexity index is 339. The van der Waals surface area contributed by atoms with Crippen LogP contribution in [0.15, 0.2) is 6.07 Å². The lowest BCUT2D eigenvalue weighted by molar-refractivity contribution is -0.0124. The monoisotopic (exact) mass is 199 g/mol. The minimum absolute atomic E-state index is 0.0158. The number of aryl methyl sites for hydroxylation is 1. The second-order valence-corrected chi connectivity index (χ2v) is 4.42. The van der Waals surface area contributed by atoms with Crippen LogP contribution in [0.1, 0.15) is 43.1 Å². The van der Waals surface area contributed by atoms with Crippen LogP contribution in [0.5, 0.6) is 0 Å². The molecule has 0 spiro atoms. The zero-order valence-corrected chi connectivity index (χ0v) is 8.53. The van der Waals surface area contributed by atoms with Crippen LogP contribution >= 0.6 is 0 Å². The van der Waals surface area contributed by atoms with E-state index in [9.17, 15) is 8.78 Å². The second-order valence-electron chi connectivity index (χ2n) is 4.42. The highest BCUT2D eigenvalue weighted by molar-refractivity contribution is 5.31. The molecule has 0 radical (unpaired) electrons. The van der Waals surface area contributed by atoms with Crippen molar-refractivity contribution < 1.29 is 8.78 Å². The number of fused-ring (bicyclic) bond motifs is 1. The molecule has 0 aliphatic heterocycles. The highest BCUT2D eigenvalue weighted by atomic mass is 19.3. The van der Waals surface area contributed by atoms with Crippen molar-refractivity contribution in [2.24, 2.45) is 0 Å². The maximum absolute atomic E-state index is 13.1. The van der Waals surface area contributed by atoms with Crippen LogP contribution in [0.3, 0.4) is 0 Å². The van der Waals surface area contributed by atoms with Crippen molar-refractivity contribution in [1.29, 1.82) is 0 Å². The molecule has 78 valence electrons. The molecule has 3 heteroatoms. The first-order valence-corrected chi connectivity index (χ1v) is 5.06. The van der Waals surface area contributed by atoms with Gasteiger partial charge in [0, 0.05) is 24.2 Å². The maximum Gasteiger partial charge on any atom is 0.252 e. The maximum atomic E-state index is 13.1. The van der Waals surface area contributed by atoms with Gasteiger partial charge in [0.25, 0.3) is 5.92 Å². The van der Waals surface area contributed by atoms with Crippen molar-refractivity contribution in [2.75, 3.05) is 0 Å². The van der Waals surface area contributed by atoms with Crippen molar-refractivity contribution >= 4 is 0 Å². The number of halogens is 2. The summed E-state index contributed by atoms with van der Waals surface area (Å²) in [6.45, 7) is 4.13. The summed E-state index contributed by atoms with van der Waals surface area (Å²) in [6, 6.07) is 1.90. The van der Waals surface area contributed by atoms with Crippen molar-refractivity contribution in [1.82, 2.24) is 4.98 Å². The Kier molecular flexibility index (Phi) is 2.13. The molecule has 1 aliphatic carbocycles. The molecule has 0 aromatic carbocycles. The molecule has 0 bridgehead atoms. The van der Waals surface area contributed by atoms with E-state index in [1.165, 1.54) is 0 Å². The summed E-state index contributed by atoms with van der Waals surface area (Å²) in [5, 5.41) is 0. The smallest absolute Gasteiger partial charge is 0.252 e. The summed E-state index contributed by atoms with van der Waals surface area (Å²) >= 11 is 0. The molecular formula is C11H15F2N. The van der Waals surface area contributed by atoms with E-state index in [1.54, 1.807) is 0 Å². The van der Waals surface area contributed by atoms with Gasteiger partial charge in [-0.1, -0.05) is 13.8 Å². The van der Waals surface area contributed by atoms with Gasteiger partial charge in [-0.2, -0.15) is 0 Å². The largest absolute Gasteiger partial charge is 0.362 e. The molecule has 0 amide bonds. The Morgan fingerprint density at radius 1 is 1.43 bits per heavy atom. The second kappa shape index (κ2) is 3.07. The zero-order chi connectivity index (χ0) is 10.3. The molecular weight excluding hydrogens is 184 g/mol. The highest BCUT2D eigenvalue weighted by Gasteiger charge is 2.34. The van der Waals surface area contributed by atoms with Gasteiger partial charge < -0.3 is 4.98 Å². The van der Waals surface area contributed by atoms with Crippen LogP contribution in [0.2, 0.25) is 0 Å². The lowest BCUT2D eigenvalue weighted by Gasteiger charge is -2.21. The van der Waals surface area contributed by atoms with Gasteiger partial charge in [-0.3, -0.25) is 0 Å². The minimum Gasteiger partial charge on any atom is -0.362 e. The Morgan fingerprint density at radius 3 is 2.79 bits per heavy atom. The number of nitrogens with one attached hydrogen (secondary N) is 1. The fourth-order valence-electron chi connectivity index (χ4n) is 1.93. The molecule has 1 aromatic rings. The number of aromatic amines is 1. The molecule has 1 heterocycles. The van der Waals surface area contributed by atoms with E-state index in [2.05, 4.69) is 18.8 Å². The van der Waals surface area contributed by atoms with Gasteiger partial charge in [0.05, 0.1) is 0 Å². The fraction of sp³-hybridized carbons (Fsp3) is 0.636. The van der Waals surface area contributed by atoms with Crippen LogP contribution in [0, 0.1) is 0 Å². The predicted octanol–water partition coefficient (Wildman–Crippen LogP) is 3.26. The molecule has 2 rings (SSSR count). The highest BCUT2D eigenvalue weighted by Crippen LogP contribution is 2.34. The molecule has 0 saturated carbocycles. The topological polar surface area (TPSA) is 15.8 Å². The first-order valence-electron chi connectivity index (χ1n) is 5.06. The zero-order valence-electron chi connectivity index (χ0n) is 8.53. The normalized spacial score (nSPS) is 19.8. The Balaban J connectivity index is 2.30. The van der Waals surface area contributed by atoms with E-state index in [0.717, 1.165) is 17.0 Å². The van der Waals surface area contributed by atoms with Gasteiger partial charge in [0.15, 0.2) is 0 Å². The molecule has 0 atom stereocenters. The van der Waals surface area contributed by atoms with Crippen molar-refractivity contribution in [3.05, 3.63) is 23.0 Å². The molecule has 0 fully saturated rings. The third-order valence-corrected chi connectivity index (χ3v) is 2.82. The molecule has 0 saturated heterocycles. The first-order chi connectivity index (χ1) is 6.48. The van der Waals surface area contributed by atoms with Crippen LogP contribution in [0.4, 0.5) is 8.78 Å². The van der Waals surface area contributed by atoms with Crippen LogP contribution in [0.25, 0.3) is 0 Å². The average Bonchev–Trinajstić information content (AvgIpc) is 2.45. The van der Waals surface area contributed by atoms with E-state index in [0.29, 0.717) is 12.3 Å². The quantitative estimate of drug-likeness (QED) is 0.714. The Morgan fingerprint density at radius 2 is 2.14 bits per heavy atom. The fourth-order valence-corrected chi connectivity index (χ4v) is 1.93. The van der Waals surface area contributed by atoms with Crippen molar-refractivity contribution in [2.45, 2.75) is 45.0 Å². The Hall–Kier alpha value is -0.860. The van der Waals surface area contributed by atoms with Gasteiger partial charge in [-0.25, -0.2) is 8.78 Å². The summed E-state index contributed by atoms with van der Waals surface area (Å²) in [4.78, 5) is 3.24. The minimum atomic E-state index is -2.50. The SMILES string of the molecule is CC(C)c1cc2c([nH]1)CCC(F)(F)C2. The van der Waals surface area contributed by atoms with Gasteiger partial charge in [0.1, 0.15) is 0 Å². The molecule has 1 aliphatic rings. The Labute approximate surface area is 82.5 Å². The summed E-state index contributed by atoms with van der Waals surface area (Å²) < 4.78 is 26.2. The lowest BCUT2D eigenvalue weighted by Crippen LogP contribution is -2.25. The van der Waals surface area contributed by atoms with E-state index in [1.807, 2.05) is 6.07 Å². The number of aromatic nitrogens is 1. The first kappa shape index (κ1) is 9.69. The summed E-state index contributed by atoms with van der Waals surface area (Å²) in [5.74, 6) is -2.11. The summed E-state index contributed by atoms with van der Waals surface area (Å²) in [7, 11) is 0. The molecule has 1 nitrogen and oxygen atoms in total. The third-order valence-electron chi connectivity index (χ3n) is 2.82. The van der Waals surface area contributed by atoms with Crippen LogP contribution < -0.4 is 0 Å². The third kappa shape index (κ3) is 1.68. The van der Waals surface area contributed by atoms with Crippen molar-refractivity contribution in [3.8, 4) is 0 Å². The average molecular weight is 199 g/mol. The predicted molar refractivity (Wildman–Crippen MR) is 51.9 cm³/mol. The standard InChI is InChI=1S/C11H15F2N/c1-7(2)10-5-8-6-11(12,13)4-3-9(8)14-10/h5,7,14H,3-4,6H2,1-2H3. The van der Waals surface area contributed by atoms with E-state index < -0.39 is 5.92 Å². The molecule has 1 aromatic heterocycles. The molecule has 1 N–H and O–H groups in total. The van der Waals surface area contributed by atoms with Crippen LogP contribution in [-0.2, 0) is 12.8 Å². The lowest BCUT2D eigenvalue weighted by atomic mass is 9.94. The summed E-state index contributed by atoms with van der Waals surface area (Å²) in [5.41, 5.74) is 2.90. The van der Waals surface area contributed by atoms with Crippen LogP contribution in [-0.4, -0.2) is 10.9 Å².